The van der Waals surface area contributed by atoms with Crippen molar-refractivity contribution in [2.75, 3.05) is 6.61 Å². The summed E-state index contributed by atoms with van der Waals surface area (Å²) in [7, 11) is 0. The van der Waals surface area contributed by atoms with Gasteiger partial charge in [0.2, 0.25) is 17.6 Å². The van der Waals surface area contributed by atoms with E-state index in [0.29, 0.717) is 24.7 Å². The number of aryl methyl sites for hydroxylation is 1. The normalized spacial score (nSPS) is 11.7. The Balaban J connectivity index is 1.43. The summed E-state index contributed by atoms with van der Waals surface area (Å²) in [5.41, 5.74) is 2.75. The monoisotopic (exact) mass is 428 g/mol. The molecule has 7 nitrogen and oxygen atoms in total. The van der Waals surface area contributed by atoms with E-state index < -0.39 is 0 Å². The molecule has 1 unspecified atom stereocenters. The number of aromatic nitrogens is 3. The molecule has 0 fully saturated rings. The zero-order valence-corrected chi connectivity index (χ0v) is 17.8. The van der Waals surface area contributed by atoms with Gasteiger partial charge in [-0.3, -0.25) is 9.78 Å². The highest BCUT2D eigenvalue weighted by Crippen LogP contribution is 2.24. The molecule has 0 spiro atoms. The number of carbonyl (C=O) groups is 1. The van der Waals surface area contributed by atoms with Crippen LogP contribution in [-0.4, -0.2) is 27.6 Å². The molecule has 0 aliphatic rings. The summed E-state index contributed by atoms with van der Waals surface area (Å²) in [6.07, 6.45) is 3.93. The minimum absolute atomic E-state index is 0.103. The molecule has 4 rings (SSSR count). The molecule has 0 aliphatic carbocycles. The van der Waals surface area contributed by atoms with Crippen LogP contribution in [0.25, 0.3) is 11.4 Å². The van der Waals surface area contributed by atoms with Gasteiger partial charge in [-0.25, -0.2) is 0 Å². The van der Waals surface area contributed by atoms with Crippen LogP contribution in [0, 0.1) is 0 Å². The number of benzene rings is 2. The molecule has 32 heavy (non-hydrogen) atoms. The van der Waals surface area contributed by atoms with Crippen molar-refractivity contribution in [1.29, 1.82) is 0 Å². The highest BCUT2D eigenvalue weighted by Gasteiger charge is 2.18. The van der Waals surface area contributed by atoms with Crippen LogP contribution in [0.15, 0.2) is 83.6 Å². The molecule has 1 atom stereocenters. The van der Waals surface area contributed by atoms with Gasteiger partial charge >= 0.3 is 0 Å². The van der Waals surface area contributed by atoms with E-state index in [1.807, 2.05) is 73.7 Å². The second kappa shape index (κ2) is 10.3. The lowest BCUT2D eigenvalue weighted by molar-refractivity contribution is -0.121. The standard InChI is InChI=1S/C25H24N4O3/c1-2-31-21-12-10-19(11-13-21)24(18-7-4-3-5-8-18)27-22(30)14-15-23-28-25(29-32-23)20-9-6-16-26-17-20/h3-13,16-17,24H,2,14-15H2,1H3,(H,27,30). The molecule has 7 heteroatoms. The van der Waals surface area contributed by atoms with Gasteiger partial charge in [0.25, 0.3) is 0 Å². The Morgan fingerprint density at radius 2 is 1.81 bits per heavy atom. The van der Waals surface area contributed by atoms with Crippen molar-refractivity contribution >= 4 is 5.91 Å². The van der Waals surface area contributed by atoms with Crippen LogP contribution < -0.4 is 10.1 Å². The molecule has 162 valence electrons. The van der Waals surface area contributed by atoms with Crippen molar-refractivity contribution in [3.05, 3.63) is 96.1 Å². The average Bonchev–Trinajstić information content (AvgIpc) is 3.32. The third-order valence-corrected chi connectivity index (χ3v) is 4.92. The predicted molar refractivity (Wildman–Crippen MR) is 120 cm³/mol. The van der Waals surface area contributed by atoms with E-state index in [2.05, 4.69) is 20.4 Å². The fraction of sp³-hybridized carbons (Fsp3) is 0.200. The number of hydrogen-bond donors (Lipinski definition) is 1. The summed E-state index contributed by atoms with van der Waals surface area (Å²) < 4.78 is 10.8. The first kappa shape index (κ1) is 21.2. The van der Waals surface area contributed by atoms with Crippen LogP contribution in [0.2, 0.25) is 0 Å². The first-order valence-electron chi connectivity index (χ1n) is 10.5. The van der Waals surface area contributed by atoms with Crippen LogP contribution in [0.5, 0.6) is 5.75 Å². The molecule has 2 aromatic carbocycles. The van der Waals surface area contributed by atoms with Crippen molar-refractivity contribution in [3.63, 3.8) is 0 Å². The summed E-state index contributed by atoms with van der Waals surface area (Å²) in [5, 5.41) is 7.10. The zero-order chi connectivity index (χ0) is 22.2. The van der Waals surface area contributed by atoms with Gasteiger partial charge in [-0.2, -0.15) is 4.98 Å². The summed E-state index contributed by atoms with van der Waals surface area (Å²) in [4.78, 5) is 21.2. The van der Waals surface area contributed by atoms with Crippen molar-refractivity contribution in [3.8, 4) is 17.1 Å². The van der Waals surface area contributed by atoms with Crippen LogP contribution in [0.3, 0.4) is 0 Å². The highest BCUT2D eigenvalue weighted by atomic mass is 16.5. The molecule has 0 saturated carbocycles. The topological polar surface area (TPSA) is 90.1 Å². The summed E-state index contributed by atoms with van der Waals surface area (Å²) in [6.45, 7) is 2.56. The lowest BCUT2D eigenvalue weighted by Crippen LogP contribution is -2.29. The van der Waals surface area contributed by atoms with E-state index >= 15 is 0 Å². The maximum Gasteiger partial charge on any atom is 0.227 e. The van der Waals surface area contributed by atoms with Gasteiger partial charge in [0.05, 0.1) is 12.6 Å². The number of carbonyl (C=O) groups excluding carboxylic acids is 1. The van der Waals surface area contributed by atoms with E-state index in [1.54, 1.807) is 12.4 Å². The lowest BCUT2D eigenvalue weighted by atomic mass is 9.98. The van der Waals surface area contributed by atoms with E-state index in [4.69, 9.17) is 9.26 Å². The quantitative estimate of drug-likeness (QED) is 0.426. The molecule has 1 amide bonds. The number of pyridine rings is 1. The maximum atomic E-state index is 12.8. The molecule has 0 radical (unpaired) electrons. The number of nitrogens with zero attached hydrogens (tertiary/aromatic N) is 3. The SMILES string of the molecule is CCOc1ccc(C(NC(=O)CCc2nc(-c3cccnc3)no2)c2ccccc2)cc1. The molecular formula is C25H24N4O3. The van der Waals surface area contributed by atoms with Crippen molar-refractivity contribution in [1.82, 2.24) is 20.4 Å². The minimum atomic E-state index is -0.270. The van der Waals surface area contributed by atoms with Gasteiger partial charge in [-0.15, -0.1) is 0 Å². The molecule has 2 heterocycles. The van der Waals surface area contributed by atoms with Crippen molar-refractivity contribution in [2.24, 2.45) is 0 Å². The number of ether oxygens (including phenoxy) is 1. The Morgan fingerprint density at radius 3 is 2.53 bits per heavy atom. The molecule has 0 saturated heterocycles. The average molecular weight is 428 g/mol. The predicted octanol–water partition coefficient (Wildman–Crippen LogP) is 4.37. The van der Waals surface area contributed by atoms with Gasteiger partial charge in [-0.1, -0.05) is 47.6 Å². The number of rotatable bonds is 9. The van der Waals surface area contributed by atoms with Gasteiger partial charge in [0.1, 0.15) is 5.75 Å². The lowest BCUT2D eigenvalue weighted by Gasteiger charge is -2.20. The second-order valence-electron chi connectivity index (χ2n) is 7.17. The Labute approximate surface area is 186 Å². The van der Waals surface area contributed by atoms with E-state index in [0.717, 1.165) is 22.4 Å². The number of nitrogens with one attached hydrogen (secondary N) is 1. The summed E-state index contributed by atoms with van der Waals surface area (Å²) in [5.74, 6) is 1.57. The van der Waals surface area contributed by atoms with Crippen LogP contribution in [0.1, 0.15) is 36.4 Å². The molecular weight excluding hydrogens is 404 g/mol. The third kappa shape index (κ3) is 5.37. The second-order valence-corrected chi connectivity index (χ2v) is 7.17. The van der Waals surface area contributed by atoms with Crippen molar-refractivity contribution in [2.45, 2.75) is 25.8 Å². The number of amides is 1. The van der Waals surface area contributed by atoms with Gasteiger partial charge in [0, 0.05) is 30.8 Å². The fourth-order valence-corrected chi connectivity index (χ4v) is 3.35. The fourth-order valence-electron chi connectivity index (χ4n) is 3.35. The summed E-state index contributed by atoms with van der Waals surface area (Å²) >= 11 is 0. The van der Waals surface area contributed by atoms with E-state index in [1.165, 1.54) is 0 Å². The molecule has 0 bridgehead atoms. The Bertz CT molecular complexity index is 1130. The van der Waals surface area contributed by atoms with Gasteiger partial charge in [-0.05, 0) is 42.3 Å². The first-order valence-corrected chi connectivity index (χ1v) is 10.5. The maximum absolute atomic E-state index is 12.8. The third-order valence-electron chi connectivity index (χ3n) is 4.92. The van der Waals surface area contributed by atoms with E-state index in [9.17, 15) is 4.79 Å². The zero-order valence-electron chi connectivity index (χ0n) is 17.8. The highest BCUT2D eigenvalue weighted by molar-refractivity contribution is 5.77. The largest absolute Gasteiger partial charge is 0.494 e. The Morgan fingerprint density at radius 1 is 1.03 bits per heavy atom. The minimum Gasteiger partial charge on any atom is -0.494 e. The van der Waals surface area contributed by atoms with Crippen LogP contribution in [0.4, 0.5) is 0 Å². The molecule has 1 N–H and O–H groups in total. The molecule has 4 aromatic rings. The Hall–Kier alpha value is -4.00. The number of hydrogen-bond acceptors (Lipinski definition) is 6. The first-order chi connectivity index (χ1) is 15.7. The van der Waals surface area contributed by atoms with Crippen LogP contribution in [-0.2, 0) is 11.2 Å². The molecule has 2 aromatic heterocycles. The van der Waals surface area contributed by atoms with Gasteiger partial charge in [0.15, 0.2) is 0 Å². The van der Waals surface area contributed by atoms with Crippen LogP contribution >= 0.6 is 0 Å². The summed E-state index contributed by atoms with van der Waals surface area (Å²) in [6, 6.07) is 21.0. The smallest absolute Gasteiger partial charge is 0.227 e. The van der Waals surface area contributed by atoms with E-state index in [-0.39, 0.29) is 18.4 Å². The van der Waals surface area contributed by atoms with Crippen molar-refractivity contribution < 1.29 is 14.1 Å². The van der Waals surface area contributed by atoms with Gasteiger partial charge < -0.3 is 14.6 Å². The Kier molecular flexibility index (Phi) is 6.87. The molecule has 0 aliphatic heterocycles.